The van der Waals surface area contributed by atoms with E-state index in [1.54, 1.807) is 38.0 Å². The van der Waals surface area contributed by atoms with E-state index in [0.717, 1.165) is 15.8 Å². The van der Waals surface area contributed by atoms with Gasteiger partial charge in [0.2, 0.25) is 0 Å². The van der Waals surface area contributed by atoms with Crippen molar-refractivity contribution in [3.63, 3.8) is 0 Å². The Morgan fingerprint density at radius 2 is 1.79 bits per heavy atom. The molecule has 0 unspecified atom stereocenters. The number of anilines is 1. The molecule has 33 heavy (non-hydrogen) atoms. The Morgan fingerprint density at radius 3 is 2.48 bits per heavy atom. The van der Waals surface area contributed by atoms with Crippen molar-refractivity contribution in [2.45, 2.75) is 30.5 Å². The van der Waals surface area contributed by atoms with Crippen LogP contribution in [0.5, 0.6) is 5.75 Å². The van der Waals surface area contributed by atoms with Gasteiger partial charge in [0.25, 0.3) is 5.91 Å². The van der Waals surface area contributed by atoms with E-state index in [2.05, 4.69) is 4.98 Å². The van der Waals surface area contributed by atoms with Crippen molar-refractivity contribution >= 4 is 42.4 Å². The fourth-order valence-corrected chi connectivity index (χ4v) is 5.46. The number of amides is 1. The van der Waals surface area contributed by atoms with Gasteiger partial charge in [-0.25, -0.2) is 13.4 Å². The lowest BCUT2D eigenvalue weighted by Crippen LogP contribution is -2.30. The number of benzene rings is 3. The molecule has 0 aliphatic rings. The van der Waals surface area contributed by atoms with Gasteiger partial charge in [-0.15, -0.1) is 0 Å². The number of aromatic nitrogens is 1. The maximum absolute atomic E-state index is 13.7. The number of carbonyl (C=O) groups is 1. The Labute approximate surface area is 197 Å². The molecular formula is C25H24N2O4S2. The van der Waals surface area contributed by atoms with Gasteiger partial charge in [0, 0.05) is 5.56 Å². The molecule has 4 rings (SSSR count). The van der Waals surface area contributed by atoms with E-state index in [4.69, 9.17) is 4.74 Å². The standard InChI is InChI=1S/C25H24N2O4S2/c1-17(2)33(29,30)21-11-7-10-19(14-21)24(28)27(16-18-8-5-4-6-9-18)25-26-22-13-12-20(31-3)15-23(22)32-25/h4-15,17H,16H2,1-3H3. The monoisotopic (exact) mass is 480 g/mol. The SMILES string of the molecule is COc1ccc2nc(N(Cc3ccccc3)C(=O)c3cccc(S(=O)(=O)C(C)C)c3)sc2c1. The summed E-state index contributed by atoms with van der Waals surface area (Å²) in [6.07, 6.45) is 0. The van der Waals surface area contributed by atoms with Gasteiger partial charge >= 0.3 is 0 Å². The summed E-state index contributed by atoms with van der Waals surface area (Å²) >= 11 is 1.39. The molecule has 4 aromatic rings. The molecule has 6 nitrogen and oxygen atoms in total. The lowest BCUT2D eigenvalue weighted by atomic mass is 10.1. The molecule has 8 heteroatoms. The molecule has 0 saturated heterocycles. The largest absolute Gasteiger partial charge is 0.497 e. The molecule has 0 aliphatic carbocycles. The summed E-state index contributed by atoms with van der Waals surface area (Å²) in [5.41, 5.74) is 2.00. The van der Waals surface area contributed by atoms with Crippen LogP contribution in [0.25, 0.3) is 10.2 Å². The smallest absolute Gasteiger partial charge is 0.260 e. The molecule has 0 N–H and O–H groups in total. The van der Waals surface area contributed by atoms with Crippen LogP contribution in [0, 0.1) is 0 Å². The highest BCUT2D eigenvalue weighted by Gasteiger charge is 2.25. The van der Waals surface area contributed by atoms with E-state index in [1.807, 2.05) is 48.5 Å². The van der Waals surface area contributed by atoms with Crippen LogP contribution in [0.1, 0.15) is 29.8 Å². The Kier molecular flexibility index (Phi) is 6.49. The fourth-order valence-electron chi connectivity index (χ4n) is 3.36. The Balaban J connectivity index is 1.78. The second kappa shape index (κ2) is 9.33. The zero-order valence-corrected chi connectivity index (χ0v) is 20.2. The van der Waals surface area contributed by atoms with E-state index in [-0.39, 0.29) is 10.8 Å². The minimum absolute atomic E-state index is 0.136. The lowest BCUT2D eigenvalue weighted by molar-refractivity contribution is 0.0985. The molecule has 0 saturated carbocycles. The predicted molar refractivity (Wildman–Crippen MR) is 132 cm³/mol. The molecular weight excluding hydrogens is 456 g/mol. The summed E-state index contributed by atoms with van der Waals surface area (Å²) in [7, 11) is -1.90. The minimum Gasteiger partial charge on any atom is -0.497 e. The van der Waals surface area contributed by atoms with Gasteiger partial charge < -0.3 is 4.74 Å². The number of rotatable bonds is 7. The molecule has 0 atom stereocenters. The van der Waals surface area contributed by atoms with Crippen LogP contribution in [0.15, 0.2) is 77.7 Å². The predicted octanol–water partition coefficient (Wildman–Crippen LogP) is 5.33. The molecule has 0 radical (unpaired) electrons. The second-order valence-electron chi connectivity index (χ2n) is 7.83. The van der Waals surface area contributed by atoms with Gasteiger partial charge in [-0.2, -0.15) is 0 Å². The van der Waals surface area contributed by atoms with Crippen molar-refractivity contribution in [1.29, 1.82) is 0 Å². The maximum Gasteiger partial charge on any atom is 0.260 e. The number of hydrogen-bond donors (Lipinski definition) is 0. The zero-order chi connectivity index (χ0) is 23.6. The van der Waals surface area contributed by atoms with Gasteiger partial charge in [0.15, 0.2) is 15.0 Å². The number of thiazole rings is 1. The molecule has 0 fully saturated rings. The third kappa shape index (κ3) is 4.77. The van der Waals surface area contributed by atoms with Crippen molar-refractivity contribution in [2.24, 2.45) is 0 Å². The highest BCUT2D eigenvalue weighted by Crippen LogP contribution is 2.33. The van der Waals surface area contributed by atoms with Crippen LogP contribution in [0.4, 0.5) is 5.13 Å². The molecule has 3 aromatic carbocycles. The van der Waals surface area contributed by atoms with E-state index in [1.165, 1.54) is 23.5 Å². The zero-order valence-electron chi connectivity index (χ0n) is 18.6. The normalized spacial score (nSPS) is 11.6. The highest BCUT2D eigenvalue weighted by atomic mass is 32.2. The first kappa shape index (κ1) is 22.9. The Hall–Kier alpha value is -3.23. The van der Waals surface area contributed by atoms with E-state index in [0.29, 0.717) is 23.0 Å². The van der Waals surface area contributed by atoms with Crippen molar-refractivity contribution in [3.8, 4) is 5.75 Å². The lowest BCUT2D eigenvalue weighted by Gasteiger charge is -2.20. The summed E-state index contributed by atoms with van der Waals surface area (Å²) in [5.74, 6) is 0.399. The molecule has 1 aromatic heterocycles. The van der Waals surface area contributed by atoms with E-state index < -0.39 is 15.1 Å². The number of fused-ring (bicyclic) bond motifs is 1. The minimum atomic E-state index is -3.51. The topological polar surface area (TPSA) is 76.6 Å². The van der Waals surface area contributed by atoms with Gasteiger partial charge in [0.05, 0.1) is 34.0 Å². The number of carbonyl (C=O) groups excluding carboxylic acids is 1. The van der Waals surface area contributed by atoms with Gasteiger partial charge in [-0.05, 0) is 55.8 Å². The van der Waals surface area contributed by atoms with E-state index >= 15 is 0 Å². The van der Waals surface area contributed by atoms with Crippen LogP contribution in [0.2, 0.25) is 0 Å². The number of sulfone groups is 1. The van der Waals surface area contributed by atoms with Crippen molar-refractivity contribution < 1.29 is 17.9 Å². The number of hydrogen-bond acceptors (Lipinski definition) is 6. The summed E-state index contributed by atoms with van der Waals surface area (Å²) < 4.78 is 31.5. The fraction of sp³-hybridized carbons (Fsp3) is 0.200. The molecule has 170 valence electrons. The van der Waals surface area contributed by atoms with Gasteiger partial charge in [0.1, 0.15) is 5.75 Å². The van der Waals surface area contributed by atoms with Crippen molar-refractivity contribution in [1.82, 2.24) is 4.98 Å². The molecule has 0 aliphatic heterocycles. The summed E-state index contributed by atoms with van der Waals surface area (Å²) in [5, 5.41) is -0.0493. The first-order chi connectivity index (χ1) is 15.8. The van der Waals surface area contributed by atoms with Crippen LogP contribution >= 0.6 is 11.3 Å². The van der Waals surface area contributed by atoms with Crippen molar-refractivity contribution in [3.05, 3.63) is 83.9 Å². The summed E-state index contributed by atoms with van der Waals surface area (Å²) in [6.45, 7) is 3.56. The number of nitrogens with zero attached hydrogens (tertiary/aromatic N) is 2. The molecule has 0 spiro atoms. The third-order valence-electron chi connectivity index (χ3n) is 5.27. The van der Waals surface area contributed by atoms with Crippen LogP contribution < -0.4 is 9.64 Å². The van der Waals surface area contributed by atoms with Crippen LogP contribution in [-0.4, -0.2) is 31.7 Å². The van der Waals surface area contributed by atoms with Gasteiger partial charge in [-0.1, -0.05) is 47.7 Å². The Bertz CT molecular complexity index is 1400. The summed E-state index contributed by atoms with van der Waals surface area (Å²) in [4.78, 5) is 20.1. The molecule has 1 amide bonds. The number of ether oxygens (including phenoxy) is 1. The molecule has 1 heterocycles. The van der Waals surface area contributed by atoms with Crippen molar-refractivity contribution in [2.75, 3.05) is 12.0 Å². The first-order valence-corrected chi connectivity index (χ1v) is 12.8. The Morgan fingerprint density at radius 1 is 1.03 bits per heavy atom. The summed E-state index contributed by atoms with van der Waals surface area (Å²) in [6, 6.07) is 21.4. The second-order valence-corrected chi connectivity index (χ2v) is 11.3. The maximum atomic E-state index is 13.7. The van der Waals surface area contributed by atoms with Crippen LogP contribution in [0.3, 0.4) is 0 Å². The number of methoxy groups -OCH3 is 1. The van der Waals surface area contributed by atoms with Crippen LogP contribution in [-0.2, 0) is 16.4 Å². The average Bonchev–Trinajstić information content (AvgIpc) is 3.25. The third-order valence-corrected chi connectivity index (χ3v) is 8.47. The highest BCUT2D eigenvalue weighted by molar-refractivity contribution is 7.92. The van der Waals surface area contributed by atoms with E-state index in [9.17, 15) is 13.2 Å². The van der Waals surface area contributed by atoms with Gasteiger partial charge in [-0.3, -0.25) is 9.69 Å². The molecule has 0 bridgehead atoms. The first-order valence-electron chi connectivity index (χ1n) is 10.4. The quantitative estimate of drug-likeness (QED) is 0.357. The average molecular weight is 481 g/mol.